The van der Waals surface area contributed by atoms with Gasteiger partial charge in [-0.2, -0.15) is 0 Å². The Hall–Kier alpha value is -1.51. The number of benzene rings is 1. The molecule has 0 aliphatic heterocycles. The Bertz CT molecular complexity index is 540. The molecule has 5 rings (SSSR count). The van der Waals surface area contributed by atoms with E-state index in [1.165, 1.54) is 19.3 Å². The molecule has 4 aliphatic carbocycles. The third-order valence-electron chi connectivity index (χ3n) is 5.84. The lowest BCUT2D eigenvalue weighted by atomic mass is 9.47. The second kappa shape index (κ2) is 4.00. The van der Waals surface area contributed by atoms with Crippen LogP contribution in [0.5, 0.6) is 5.75 Å². The van der Waals surface area contributed by atoms with Crippen molar-refractivity contribution in [3.05, 3.63) is 29.3 Å². The summed E-state index contributed by atoms with van der Waals surface area (Å²) in [6.07, 6.45) is 7.14. The maximum absolute atomic E-state index is 11.6. The quantitative estimate of drug-likeness (QED) is 0.865. The number of phenols is 1. The van der Waals surface area contributed by atoms with E-state index in [1.54, 1.807) is 18.2 Å². The van der Waals surface area contributed by atoms with E-state index in [1.807, 2.05) is 0 Å². The van der Waals surface area contributed by atoms with E-state index in [2.05, 4.69) is 0 Å². The minimum Gasteiger partial charge on any atom is -0.508 e. The fourth-order valence-electron chi connectivity index (χ4n) is 5.69. The molecule has 0 aromatic heterocycles. The first-order valence-corrected chi connectivity index (χ1v) is 7.63. The van der Waals surface area contributed by atoms with Crippen LogP contribution in [0.2, 0.25) is 0 Å². The van der Waals surface area contributed by atoms with E-state index in [0.717, 1.165) is 42.6 Å². The molecule has 4 bridgehead atoms. The van der Waals surface area contributed by atoms with Crippen molar-refractivity contribution in [3.63, 3.8) is 0 Å². The number of carboxylic acids is 1. The van der Waals surface area contributed by atoms with E-state index in [-0.39, 0.29) is 11.2 Å². The minimum absolute atomic E-state index is 0.0756. The maximum Gasteiger partial charge on any atom is 0.336 e. The van der Waals surface area contributed by atoms with Crippen molar-refractivity contribution in [3.8, 4) is 5.75 Å². The fraction of sp³-hybridized carbons (Fsp3) is 0.588. The molecule has 3 heteroatoms. The summed E-state index contributed by atoms with van der Waals surface area (Å²) in [4.78, 5) is 11.6. The van der Waals surface area contributed by atoms with Gasteiger partial charge in [0.2, 0.25) is 0 Å². The molecule has 0 spiro atoms. The lowest BCUT2D eigenvalue weighted by molar-refractivity contribution is -0.00679. The molecule has 0 radical (unpaired) electrons. The average molecular weight is 272 g/mol. The largest absolute Gasteiger partial charge is 0.508 e. The smallest absolute Gasteiger partial charge is 0.336 e. The number of carboxylic acid groups (broad SMARTS) is 1. The minimum atomic E-state index is -0.911. The molecule has 0 unspecified atom stereocenters. The van der Waals surface area contributed by atoms with E-state index < -0.39 is 5.97 Å². The molecule has 4 saturated carbocycles. The molecule has 0 atom stereocenters. The predicted molar refractivity (Wildman–Crippen MR) is 74.9 cm³/mol. The highest BCUT2D eigenvalue weighted by Gasteiger charge is 2.53. The van der Waals surface area contributed by atoms with Gasteiger partial charge in [-0.1, -0.05) is 6.07 Å². The van der Waals surface area contributed by atoms with Crippen molar-refractivity contribution >= 4 is 5.97 Å². The third-order valence-corrected chi connectivity index (χ3v) is 5.84. The SMILES string of the molecule is O=C(O)c1cccc(O)c1C12CC3CC(CC(C3)C1)C2. The molecule has 3 nitrogen and oxygen atoms in total. The summed E-state index contributed by atoms with van der Waals surface area (Å²) < 4.78 is 0. The average Bonchev–Trinajstić information content (AvgIpc) is 2.36. The van der Waals surface area contributed by atoms with Gasteiger partial charge in [0.15, 0.2) is 0 Å². The lowest BCUT2D eigenvalue weighted by Gasteiger charge is -2.57. The summed E-state index contributed by atoms with van der Waals surface area (Å²) in [6, 6.07) is 4.94. The highest BCUT2D eigenvalue weighted by Crippen LogP contribution is 2.62. The van der Waals surface area contributed by atoms with E-state index in [4.69, 9.17) is 0 Å². The van der Waals surface area contributed by atoms with Crippen LogP contribution in [0.4, 0.5) is 0 Å². The van der Waals surface area contributed by atoms with Crippen molar-refractivity contribution in [2.75, 3.05) is 0 Å². The first-order chi connectivity index (χ1) is 9.57. The van der Waals surface area contributed by atoms with Crippen LogP contribution in [0.1, 0.15) is 54.4 Å². The van der Waals surface area contributed by atoms with E-state index in [0.29, 0.717) is 5.56 Å². The Balaban J connectivity index is 1.87. The summed E-state index contributed by atoms with van der Waals surface area (Å²) in [7, 11) is 0. The number of hydrogen-bond donors (Lipinski definition) is 2. The van der Waals surface area contributed by atoms with Gasteiger partial charge in [0.25, 0.3) is 0 Å². The number of phenolic OH excluding ortho intramolecular Hbond substituents is 1. The molecular weight excluding hydrogens is 252 g/mol. The van der Waals surface area contributed by atoms with Gasteiger partial charge >= 0.3 is 5.97 Å². The molecule has 4 aliphatic rings. The summed E-state index contributed by atoms with van der Waals surface area (Å²) in [5.41, 5.74) is 0.965. The first kappa shape index (κ1) is 12.2. The van der Waals surface area contributed by atoms with Gasteiger partial charge in [-0.3, -0.25) is 0 Å². The highest BCUT2D eigenvalue weighted by molar-refractivity contribution is 5.90. The summed E-state index contributed by atoms with van der Waals surface area (Å²) in [5, 5.41) is 19.8. The van der Waals surface area contributed by atoms with Gasteiger partial charge in [0.05, 0.1) is 5.56 Å². The molecule has 0 heterocycles. The molecule has 106 valence electrons. The molecule has 2 N–H and O–H groups in total. The lowest BCUT2D eigenvalue weighted by Crippen LogP contribution is -2.49. The van der Waals surface area contributed by atoms with E-state index in [9.17, 15) is 15.0 Å². The summed E-state index contributed by atoms with van der Waals surface area (Å²) in [6.45, 7) is 0. The first-order valence-electron chi connectivity index (χ1n) is 7.63. The molecule has 1 aromatic rings. The van der Waals surface area contributed by atoms with Gasteiger partial charge in [-0.25, -0.2) is 4.79 Å². The van der Waals surface area contributed by atoms with Crippen LogP contribution in [0, 0.1) is 17.8 Å². The highest BCUT2D eigenvalue weighted by atomic mass is 16.4. The zero-order valence-electron chi connectivity index (χ0n) is 11.5. The number of aromatic carboxylic acids is 1. The van der Waals surface area contributed by atoms with Crippen molar-refractivity contribution in [1.82, 2.24) is 0 Å². The molecule has 20 heavy (non-hydrogen) atoms. The summed E-state index contributed by atoms with van der Waals surface area (Å²) in [5.74, 6) is 1.49. The Morgan fingerprint density at radius 1 is 1.05 bits per heavy atom. The number of hydrogen-bond acceptors (Lipinski definition) is 2. The third kappa shape index (κ3) is 1.62. The van der Waals surface area contributed by atoms with Crippen molar-refractivity contribution in [2.45, 2.75) is 43.9 Å². The zero-order valence-corrected chi connectivity index (χ0v) is 11.5. The Kier molecular flexibility index (Phi) is 2.45. The van der Waals surface area contributed by atoms with Crippen LogP contribution in [-0.4, -0.2) is 16.2 Å². The topological polar surface area (TPSA) is 57.5 Å². The van der Waals surface area contributed by atoms with E-state index >= 15 is 0 Å². The van der Waals surface area contributed by atoms with Crippen LogP contribution in [0.15, 0.2) is 18.2 Å². The van der Waals surface area contributed by atoms with Crippen LogP contribution >= 0.6 is 0 Å². The number of rotatable bonds is 2. The standard InChI is InChI=1S/C17H20O3/c18-14-3-1-2-13(16(19)20)15(14)17-7-10-4-11(8-17)6-12(5-10)9-17/h1-3,10-12,18H,4-9H2,(H,19,20). The molecule has 1 aromatic carbocycles. The Morgan fingerprint density at radius 3 is 2.10 bits per heavy atom. The summed E-state index contributed by atoms with van der Waals surface area (Å²) >= 11 is 0. The van der Waals surface area contributed by atoms with Gasteiger partial charge in [-0.05, 0) is 68.4 Å². The van der Waals surface area contributed by atoms with Gasteiger partial charge in [0, 0.05) is 11.0 Å². The fourth-order valence-corrected chi connectivity index (χ4v) is 5.69. The number of aromatic hydroxyl groups is 1. The van der Waals surface area contributed by atoms with Crippen LogP contribution in [-0.2, 0) is 5.41 Å². The van der Waals surface area contributed by atoms with Crippen molar-refractivity contribution < 1.29 is 15.0 Å². The normalized spacial score (nSPS) is 38.1. The van der Waals surface area contributed by atoms with Crippen LogP contribution in [0.25, 0.3) is 0 Å². The van der Waals surface area contributed by atoms with Crippen LogP contribution < -0.4 is 0 Å². The van der Waals surface area contributed by atoms with Crippen LogP contribution in [0.3, 0.4) is 0 Å². The second-order valence-corrected chi connectivity index (χ2v) is 7.20. The number of carbonyl (C=O) groups is 1. The van der Waals surface area contributed by atoms with Gasteiger partial charge in [0.1, 0.15) is 5.75 Å². The van der Waals surface area contributed by atoms with Gasteiger partial charge < -0.3 is 10.2 Å². The molecule has 0 amide bonds. The Labute approximate surface area is 118 Å². The molecule has 0 saturated heterocycles. The predicted octanol–water partition coefficient (Wildman–Crippen LogP) is 3.56. The molecule has 4 fully saturated rings. The second-order valence-electron chi connectivity index (χ2n) is 7.20. The van der Waals surface area contributed by atoms with Crippen molar-refractivity contribution in [2.24, 2.45) is 17.8 Å². The molecular formula is C17H20O3. The zero-order chi connectivity index (χ0) is 13.9. The van der Waals surface area contributed by atoms with Crippen molar-refractivity contribution in [1.29, 1.82) is 0 Å². The van der Waals surface area contributed by atoms with Gasteiger partial charge in [-0.15, -0.1) is 0 Å². The monoisotopic (exact) mass is 272 g/mol. The maximum atomic E-state index is 11.6. The Morgan fingerprint density at radius 2 is 1.60 bits per heavy atom.